The van der Waals surface area contributed by atoms with Crippen LogP contribution in [-0.4, -0.2) is 141 Å². The Hall–Kier alpha value is -4.70. The van der Waals surface area contributed by atoms with Gasteiger partial charge in [-0.25, -0.2) is 16.8 Å². The van der Waals surface area contributed by atoms with E-state index in [0.717, 1.165) is 37.8 Å². The molecule has 0 bridgehead atoms. The Bertz CT molecular complexity index is 2870. The Labute approximate surface area is 407 Å². The molecule has 4 N–H and O–H groups in total. The van der Waals surface area contributed by atoms with Crippen molar-refractivity contribution in [3.05, 3.63) is 106 Å². The quantitative estimate of drug-likeness (QED) is 0.109. The zero-order chi connectivity index (χ0) is 49.8. The lowest BCUT2D eigenvalue weighted by Crippen LogP contribution is -2.41. The Morgan fingerprint density at radius 1 is 0.500 bits per heavy atom. The number of morpholine rings is 2. The molecule has 0 saturated carbocycles. The highest BCUT2D eigenvalue weighted by Crippen LogP contribution is 2.31. The number of amides is 2. The van der Waals surface area contributed by atoms with Gasteiger partial charge in [0.05, 0.1) is 58.2 Å². The number of nitrogens with one attached hydrogen (secondary N) is 2. The van der Waals surface area contributed by atoms with Crippen LogP contribution >= 0.6 is 0 Å². The molecule has 2 amide bonds. The Balaban J connectivity index is 0.996. The fourth-order valence-electron chi connectivity index (χ4n) is 9.00. The summed E-state index contributed by atoms with van der Waals surface area (Å²) in [5, 5.41) is 5.14. The third-order valence-corrected chi connectivity index (χ3v) is 18.5. The summed E-state index contributed by atoms with van der Waals surface area (Å²) in [6.45, 7) is 2.49. The van der Waals surface area contributed by atoms with E-state index in [1.807, 2.05) is 0 Å². The molecule has 4 aromatic rings. The van der Waals surface area contributed by atoms with Crippen LogP contribution in [0.2, 0.25) is 0 Å². The second-order valence-electron chi connectivity index (χ2n) is 17.4. The Morgan fingerprint density at radius 3 is 1.21 bits per heavy atom. The molecule has 4 aliphatic rings. The van der Waals surface area contributed by atoms with Crippen molar-refractivity contribution in [2.45, 2.75) is 83.2 Å². The molecule has 24 heteroatoms. The van der Waals surface area contributed by atoms with Crippen molar-refractivity contribution in [3.8, 4) is 0 Å². The Morgan fingerprint density at radius 2 is 0.871 bits per heavy atom. The summed E-state index contributed by atoms with van der Waals surface area (Å²) >= 11 is 0. The maximum absolute atomic E-state index is 13.9. The SMILES string of the molecule is O=C(Nc1ccc(CCc2ccc(NC(=O)c3ccc(CC4CCCO4)c(S(=O)(=O)N4CCOCC4)c3)cc2S(=O)(=O)O)c(S(=O)(=O)O)c1)c1ccc(CC2CCCO2)c(S(=O)(=O)N2CCOCC2)c1. The van der Waals surface area contributed by atoms with E-state index in [2.05, 4.69) is 10.6 Å². The van der Waals surface area contributed by atoms with Crippen LogP contribution in [0.1, 0.15) is 68.7 Å². The zero-order valence-electron chi connectivity index (χ0n) is 37.9. The lowest BCUT2D eigenvalue weighted by molar-refractivity contribution is 0.0729. The molecule has 2 unspecified atom stereocenters. The first-order valence-corrected chi connectivity index (χ1v) is 28.5. The highest BCUT2D eigenvalue weighted by Gasteiger charge is 2.33. The predicted molar refractivity (Wildman–Crippen MR) is 253 cm³/mol. The minimum absolute atomic E-state index is 0.0160. The van der Waals surface area contributed by atoms with E-state index >= 15 is 0 Å². The number of carbonyl (C=O) groups is 2. The van der Waals surface area contributed by atoms with Gasteiger partial charge >= 0.3 is 0 Å². The van der Waals surface area contributed by atoms with Gasteiger partial charge in [0, 0.05) is 61.9 Å². The number of hydrogen-bond donors (Lipinski definition) is 4. The molecular formula is C46H54N4O16S4. The van der Waals surface area contributed by atoms with Gasteiger partial charge in [-0.3, -0.25) is 18.7 Å². The number of anilines is 2. The highest BCUT2D eigenvalue weighted by molar-refractivity contribution is 7.89. The van der Waals surface area contributed by atoms with E-state index in [9.17, 15) is 52.4 Å². The molecule has 70 heavy (non-hydrogen) atoms. The third-order valence-electron chi connectivity index (χ3n) is 12.6. The zero-order valence-corrected chi connectivity index (χ0v) is 41.2. The maximum Gasteiger partial charge on any atom is 0.294 e. The molecule has 8 rings (SSSR count). The van der Waals surface area contributed by atoms with E-state index in [-0.39, 0.29) is 121 Å². The molecule has 378 valence electrons. The maximum atomic E-state index is 13.9. The van der Waals surface area contributed by atoms with Crippen molar-refractivity contribution < 1.29 is 71.3 Å². The van der Waals surface area contributed by atoms with Gasteiger partial charge in [0.15, 0.2) is 0 Å². The fraction of sp³-hybridized carbons (Fsp3) is 0.435. The van der Waals surface area contributed by atoms with Gasteiger partial charge in [0.1, 0.15) is 0 Å². The molecular weight excluding hydrogens is 993 g/mol. The van der Waals surface area contributed by atoms with Crippen LogP contribution in [0.4, 0.5) is 11.4 Å². The number of rotatable bonds is 17. The molecule has 4 heterocycles. The topological polar surface area (TPSA) is 279 Å². The van der Waals surface area contributed by atoms with Gasteiger partial charge in [-0.2, -0.15) is 25.4 Å². The number of nitrogens with zero attached hydrogens (tertiary/aromatic N) is 2. The summed E-state index contributed by atoms with van der Waals surface area (Å²) in [7, 11) is -18.0. The normalized spacial score (nSPS) is 19.8. The summed E-state index contributed by atoms with van der Waals surface area (Å²) in [5.74, 6) is -1.54. The lowest BCUT2D eigenvalue weighted by atomic mass is 10.0. The predicted octanol–water partition coefficient (Wildman–Crippen LogP) is 3.95. The largest absolute Gasteiger partial charge is 0.379 e. The summed E-state index contributed by atoms with van der Waals surface area (Å²) in [6.07, 6.45) is 3.02. The molecule has 2 atom stereocenters. The molecule has 4 saturated heterocycles. The van der Waals surface area contributed by atoms with Crippen LogP contribution in [0, 0.1) is 0 Å². The Kier molecular flexibility index (Phi) is 15.9. The van der Waals surface area contributed by atoms with Crippen molar-refractivity contribution >= 4 is 63.5 Å². The van der Waals surface area contributed by atoms with Crippen molar-refractivity contribution in [1.29, 1.82) is 0 Å². The van der Waals surface area contributed by atoms with E-state index < -0.39 is 61.9 Å². The van der Waals surface area contributed by atoms with Gasteiger partial charge in [0.25, 0.3) is 32.1 Å². The van der Waals surface area contributed by atoms with Crippen LogP contribution in [0.25, 0.3) is 0 Å². The summed E-state index contributed by atoms with van der Waals surface area (Å²) in [6, 6.07) is 15.9. The lowest BCUT2D eigenvalue weighted by Gasteiger charge is -2.27. The number of aryl methyl sites for hydroxylation is 2. The molecule has 4 aromatic carbocycles. The first-order valence-electron chi connectivity index (χ1n) is 22.8. The van der Waals surface area contributed by atoms with Crippen molar-refractivity contribution in [3.63, 3.8) is 0 Å². The van der Waals surface area contributed by atoms with Crippen LogP contribution in [0.3, 0.4) is 0 Å². The number of hydrogen-bond acceptors (Lipinski definition) is 14. The minimum Gasteiger partial charge on any atom is -0.379 e. The van der Waals surface area contributed by atoms with Crippen LogP contribution in [0.15, 0.2) is 92.4 Å². The van der Waals surface area contributed by atoms with E-state index in [1.165, 1.54) is 57.1 Å². The van der Waals surface area contributed by atoms with Gasteiger partial charge in [-0.1, -0.05) is 24.3 Å². The standard InChI is InChI=1S/C46H54N4O16S4/c51-45(35-9-7-33(25-39-3-1-19-65-39)41(27-35)67(53,54)49-15-21-63-22-16-49)47-37-13-11-31(43(29-37)69(57,58)59)5-6-32-12-14-38(30-44(32)70(60,61)62)48-46(52)36-10-8-34(26-40-4-2-20-66-40)42(28-36)68(55,56)50-17-23-64-24-18-50/h7-14,27-30,39-40H,1-6,15-26H2,(H,47,51)(H,48,52)(H,57,58,59)(H,60,61,62). The second-order valence-corrected chi connectivity index (χ2v) is 24.0. The molecule has 0 aromatic heterocycles. The monoisotopic (exact) mass is 1050 g/mol. The number of sulfonamides is 2. The fourth-order valence-corrected chi connectivity index (χ4v) is 13.9. The summed E-state index contributed by atoms with van der Waals surface area (Å²) in [5.41, 5.74) is 0.775. The van der Waals surface area contributed by atoms with Gasteiger partial charge in [-0.05, 0) is 122 Å². The second kappa shape index (κ2) is 21.6. The average Bonchev–Trinajstić information content (AvgIpc) is 4.06. The van der Waals surface area contributed by atoms with Crippen molar-refractivity contribution in [2.75, 3.05) is 76.5 Å². The van der Waals surface area contributed by atoms with E-state index in [4.69, 9.17) is 18.9 Å². The molecule has 0 radical (unpaired) electrons. The minimum atomic E-state index is -4.96. The molecule has 20 nitrogen and oxygen atoms in total. The average molecular weight is 1050 g/mol. The first kappa shape index (κ1) is 51.6. The van der Waals surface area contributed by atoms with E-state index in [0.29, 0.717) is 37.2 Å². The van der Waals surface area contributed by atoms with Crippen molar-refractivity contribution in [2.24, 2.45) is 0 Å². The van der Waals surface area contributed by atoms with Gasteiger partial charge < -0.3 is 29.6 Å². The van der Waals surface area contributed by atoms with Crippen LogP contribution in [0.5, 0.6) is 0 Å². The third kappa shape index (κ3) is 12.1. The van der Waals surface area contributed by atoms with Crippen LogP contribution in [-0.2, 0) is 84.9 Å². The summed E-state index contributed by atoms with van der Waals surface area (Å²) < 4.78 is 152. The highest BCUT2D eigenvalue weighted by atomic mass is 32.2. The molecule has 0 spiro atoms. The number of ether oxygens (including phenoxy) is 4. The molecule has 4 fully saturated rings. The van der Waals surface area contributed by atoms with Gasteiger partial charge in [-0.15, -0.1) is 0 Å². The smallest absolute Gasteiger partial charge is 0.294 e. The van der Waals surface area contributed by atoms with Crippen LogP contribution < -0.4 is 10.6 Å². The molecule has 0 aliphatic carbocycles. The summed E-state index contributed by atoms with van der Waals surface area (Å²) in [4.78, 5) is 26.0. The molecule has 4 aliphatic heterocycles. The van der Waals surface area contributed by atoms with Crippen molar-refractivity contribution in [1.82, 2.24) is 8.61 Å². The number of benzene rings is 4. The van der Waals surface area contributed by atoms with Gasteiger partial charge in [0.2, 0.25) is 20.0 Å². The first-order chi connectivity index (χ1) is 33.3. The van der Waals surface area contributed by atoms with E-state index in [1.54, 1.807) is 12.1 Å². The number of carbonyl (C=O) groups excluding carboxylic acids is 2.